The molecule has 6 nitrogen and oxygen atoms in total. The Hall–Kier alpha value is -3.45. The Morgan fingerprint density at radius 3 is 2.31 bits per heavy atom. The molecule has 3 aromatic rings. The van der Waals surface area contributed by atoms with E-state index in [4.69, 9.17) is 4.74 Å². The molecule has 35 heavy (non-hydrogen) atoms. The van der Waals surface area contributed by atoms with E-state index in [1.807, 2.05) is 36.4 Å². The SMILES string of the molecule is O=C(N[C@@H]1CCCC[C@H]1C(=O)Nc1ccc(Br)cc1C(=O)c1ccccc1)OCc1ccccc1. The molecular formula is C28H27BrN2O4. The van der Waals surface area contributed by atoms with Crippen molar-refractivity contribution in [1.29, 1.82) is 0 Å². The van der Waals surface area contributed by atoms with Crippen molar-refractivity contribution in [2.45, 2.75) is 38.3 Å². The predicted octanol–water partition coefficient (Wildman–Crippen LogP) is 6.10. The number of amides is 2. The first kappa shape index (κ1) is 24.7. The van der Waals surface area contributed by atoms with Crippen LogP contribution >= 0.6 is 15.9 Å². The van der Waals surface area contributed by atoms with Crippen molar-refractivity contribution >= 4 is 39.4 Å². The molecule has 0 aliphatic heterocycles. The van der Waals surface area contributed by atoms with E-state index >= 15 is 0 Å². The molecule has 3 aromatic carbocycles. The number of ether oxygens (including phenoxy) is 1. The number of benzene rings is 3. The lowest BCUT2D eigenvalue weighted by molar-refractivity contribution is -0.121. The number of anilines is 1. The van der Waals surface area contributed by atoms with Crippen molar-refractivity contribution in [2.24, 2.45) is 5.92 Å². The molecular weight excluding hydrogens is 508 g/mol. The lowest BCUT2D eigenvalue weighted by atomic mass is 9.83. The summed E-state index contributed by atoms with van der Waals surface area (Å²) in [6.45, 7) is 0.167. The molecule has 1 saturated carbocycles. The van der Waals surface area contributed by atoms with E-state index in [9.17, 15) is 14.4 Å². The van der Waals surface area contributed by atoms with Crippen molar-refractivity contribution in [2.75, 3.05) is 5.32 Å². The zero-order valence-corrected chi connectivity index (χ0v) is 20.8. The Morgan fingerprint density at radius 2 is 1.57 bits per heavy atom. The maximum Gasteiger partial charge on any atom is 0.407 e. The Kier molecular flexibility index (Phi) is 8.32. The summed E-state index contributed by atoms with van der Waals surface area (Å²) in [5.41, 5.74) is 2.29. The molecule has 2 N–H and O–H groups in total. The first-order valence-corrected chi connectivity index (χ1v) is 12.5. The van der Waals surface area contributed by atoms with Crippen LogP contribution in [0.2, 0.25) is 0 Å². The molecule has 180 valence electrons. The van der Waals surface area contributed by atoms with Gasteiger partial charge in [0.15, 0.2) is 5.78 Å². The molecule has 4 rings (SSSR count). The fraction of sp³-hybridized carbons (Fsp3) is 0.250. The van der Waals surface area contributed by atoms with Crippen molar-refractivity contribution < 1.29 is 19.1 Å². The van der Waals surface area contributed by atoms with Crippen LogP contribution in [0, 0.1) is 5.92 Å². The number of carbonyl (C=O) groups is 3. The van der Waals surface area contributed by atoms with Gasteiger partial charge in [0.25, 0.3) is 0 Å². The molecule has 1 aliphatic carbocycles. The molecule has 0 unspecified atom stereocenters. The Morgan fingerprint density at radius 1 is 0.886 bits per heavy atom. The molecule has 1 fully saturated rings. The van der Waals surface area contributed by atoms with Gasteiger partial charge in [-0.05, 0) is 36.6 Å². The Bertz CT molecular complexity index is 1180. The van der Waals surface area contributed by atoms with Crippen molar-refractivity contribution in [3.63, 3.8) is 0 Å². The standard InChI is InChI=1S/C28H27BrN2O4/c29-21-15-16-25(23(17-21)26(32)20-11-5-2-6-12-20)30-27(33)22-13-7-8-14-24(22)31-28(34)35-18-19-9-3-1-4-10-19/h1-6,9-12,15-17,22,24H,7-8,13-14,18H2,(H,30,33)(H,31,34)/t22-,24-/m1/s1. The number of rotatable bonds is 7. The quantitative estimate of drug-likeness (QED) is 0.358. The maximum absolute atomic E-state index is 13.3. The molecule has 0 saturated heterocycles. The molecule has 2 amide bonds. The van der Waals surface area contributed by atoms with Crippen LogP contribution in [0.15, 0.2) is 83.3 Å². The molecule has 7 heteroatoms. The third kappa shape index (κ3) is 6.57. The van der Waals surface area contributed by atoms with Gasteiger partial charge in [-0.3, -0.25) is 9.59 Å². The third-order valence-electron chi connectivity index (χ3n) is 6.14. The second-order valence-electron chi connectivity index (χ2n) is 8.58. The highest BCUT2D eigenvalue weighted by Gasteiger charge is 2.33. The number of hydrogen-bond donors (Lipinski definition) is 2. The lowest BCUT2D eigenvalue weighted by Crippen LogP contribution is -2.46. The molecule has 2 atom stereocenters. The number of carbonyl (C=O) groups excluding carboxylic acids is 3. The van der Waals surface area contributed by atoms with Gasteiger partial charge in [0.05, 0.1) is 11.6 Å². The third-order valence-corrected chi connectivity index (χ3v) is 6.63. The number of nitrogens with one attached hydrogen (secondary N) is 2. The van der Waals surface area contributed by atoms with Crippen LogP contribution in [-0.2, 0) is 16.1 Å². The van der Waals surface area contributed by atoms with Gasteiger partial charge >= 0.3 is 6.09 Å². The number of ketones is 1. The molecule has 1 aliphatic rings. The van der Waals surface area contributed by atoms with E-state index in [0.29, 0.717) is 29.7 Å². The van der Waals surface area contributed by atoms with Crippen LogP contribution < -0.4 is 10.6 Å². The van der Waals surface area contributed by atoms with E-state index < -0.39 is 12.0 Å². The van der Waals surface area contributed by atoms with E-state index in [1.54, 1.807) is 42.5 Å². The fourth-order valence-corrected chi connectivity index (χ4v) is 4.68. The van der Waals surface area contributed by atoms with Gasteiger partial charge in [0.2, 0.25) is 5.91 Å². The minimum absolute atomic E-state index is 0.167. The van der Waals surface area contributed by atoms with Crippen LogP contribution in [0.25, 0.3) is 0 Å². The molecule has 0 aromatic heterocycles. The number of hydrogen-bond acceptors (Lipinski definition) is 4. The van der Waals surface area contributed by atoms with Gasteiger partial charge in [0, 0.05) is 21.6 Å². The number of halogens is 1. The zero-order valence-electron chi connectivity index (χ0n) is 19.2. The minimum Gasteiger partial charge on any atom is -0.445 e. The van der Waals surface area contributed by atoms with E-state index in [-0.39, 0.29) is 24.3 Å². The monoisotopic (exact) mass is 534 g/mol. The van der Waals surface area contributed by atoms with Crippen LogP contribution in [0.5, 0.6) is 0 Å². The van der Waals surface area contributed by atoms with Crippen LogP contribution in [-0.4, -0.2) is 23.8 Å². The summed E-state index contributed by atoms with van der Waals surface area (Å²) in [7, 11) is 0. The van der Waals surface area contributed by atoms with Gasteiger partial charge in [-0.2, -0.15) is 0 Å². The summed E-state index contributed by atoms with van der Waals surface area (Å²) < 4.78 is 6.10. The summed E-state index contributed by atoms with van der Waals surface area (Å²) >= 11 is 3.42. The summed E-state index contributed by atoms with van der Waals surface area (Å²) in [5, 5.41) is 5.83. The predicted molar refractivity (Wildman–Crippen MR) is 138 cm³/mol. The molecule has 0 spiro atoms. The summed E-state index contributed by atoms with van der Waals surface area (Å²) in [4.78, 5) is 38.9. The Balaban J connectivity index is 1.44. The number of alkyl carbamates (subject to hydrolysis) is 1. The zero-order chi connectivity index (χ0) is 24.6. The van der Waals surface area contributed by atoms with E-state index in [1.165, 1.54) is 0 Å². The highest BCUT2D eigenvalue weighted by Crippen LogP contribution is 2.29. The second kappa shape index (κ2) is 11.8. The smallest absolute Gasteiger partial charge is 0.407 e. The van der Waals surface area contributed by atoms with E-state index in [0.717, 1.165) is 22.9 Å². The van der Waals surface area contributed by atoms with Gasteiger partial charge in [-0.25, -0.2) is 4.79 Å². The first-order valence-electron chi connectivity index (χ1n) is 11.7. The summed E-state index contributed by atoms with van der Waals surface area (Å²) in [6.07, 6.45) is 2.61. The van der Waals surface area contributed by atoms with Crippen LogP contribution in [0.3, 0.4) is 0 Å². The van der Waals surface area contributed by atoms with E-state index in [2.05, 4.69) is 26.6 Å². The Labute approximate surface area is 213 Å². The average Bonchev–Trinajstić information content (AvgIpc) is 2.89. The summed E-state index contributed by atoms with van der Waals surface area (Å²) in [5.74, 6) is -0.816. The fourth-order valence-electron chi connectivity index (χ4n) is 4.32. The molecule has 0 heterocycles. The van der Waals surface area contributed by atoms with Crippen molar-refractivity contribution in [1.82, 2.24) is 5.32 Å². The van der Waals surface area contributed by atoms with Crippen LogP contribution in [0.4, 0.5) is 10.5 Å². The van der Waals surface area contributed by atoms with Crippen LogP contribution in [0.1, 0.15) is 47.2 Å². The van der Waals surface area contributed by atoms with Gasteiger partial charge < -0.3 is 15.4 Å². The highest BCUT2D eigenvalue weighted by molar-refractivity contribution is 9.10. The topological polar surface area (TPSA) is 84.5 Å². The van der Waals surface area contributed by atoms with Crippen molar-refractivity contribution in [3.8, 4) is 0 Å². The van der Waals surface area contributed by atoms with Crippen molar-refractivity contribution in [3.05, 3.63) is 100 Å². The lowest BCUT2D eigenvalue weighted by Gasteiger charge is -2.31. The molecule has 0 radical (unpaired) electrons. The largest absolute Gasteiger partial charge is 0.445 e. The second-order valence-corrected chi connectivity index (χ2v) is 9.49. The van der Waals surface area contributed by atoms with Gasteiger partial charge in [-0.1, -0.05) is 89.4 Å². The average molecular weight is 535 g/mol. The first-order chi connectivity index (χ1) is 17.0. The molecule has 0 bridgehead atoms. The summed E-state index contributed by atoms with van der Waals surface area (Å²) in [6, 6.07) is 23.3. The van der Waals surface area contributed by atoms with Gasteiger partial charge in [-0.15, -0.1) is 0 Å². The van der Waals surface area contributed by atoms with Gasteiger partial charge in [0.1, 0.15) is 6.61 Å². The normalized spacial score (nSPS) is 17.3. The highest BCUT2D eigenvalue weighted by atomic mass is 79.9. The maximum atomic E-state index is 13.3. The minimum atomic E-state index is -0.540.